The summed E-state index contributed by atoms with van der Waals surface area (Å²) in [6.07, 6.45) is 4.91. The summed E-state index contributed by atoms with van der Waals surface area (Å²) < 4.78 is 0. The monoisotopic (exact) mass is 424 g/mol. The Labute approximate surface area is 167 Å². The Kier molecular flexibility index (Phi) is 11.3. The molecule has 0 aromatic carbocycles. The van der Waals surface area contributed by atoms with Gasteiger partial charge in [0.25, 0.3) is 0 Å². The molecule has 0 atom stereocenters. The molecule has 2 heterocycles. The van der Waals surface area contributed by atoms with Crippen LogP contribution in [-0.2, 0) is 65.4 Å². The first-order valence-corrected chi connectivity index (χ1v) is 4.94. The second-order valence-corrected chi connectivity index (χ2v) is 3.38. The molecule has 2 rings (SSSR count). The first-order valence-electron chi connectivity index (χ1n) is 4.94. The molecule has 0 aliphatic heterocycles. The summed E-state index contributed by atoms with van der Waals surface area (Å²) >= 11 is 0. The maximum Gasteiger partial charge on any atom is 0.0607 e. The second kappa shape index (κ2) is 10.3. The SMILES string of the molecule is Cc1n[c-]c(N)nc1N.Cc1nc(N)[c-]nc1N.[Y].[Y]. The van der Waals surface area contributed by atoms with Crippen LogP contribution in [0.1, 0.15) is 11.4 Å². The van der Waals surface area contributed by atoms with Crippen molar-refractivity contribution in [2.45, 2.75) is 13.8 Å². The summed E-state index contributed by atoms with van der Waals surface area (Å²) in [7, 11) is 0. The zero-order valence-electron chi connectivity index (χ0n) is 11.3. The summed E-state index contributed by atoms with van der Waals surface area (Å²) in [6, 6.07) is 0. The van der Waals surface area contributed by atoms with Gasteiger partial charge in [0.05, 0.1) is 5.82 Å². The zero-order chi connectivity index (χ0) is 13.7. The average Bonchev–Trinajstić information content (AvgIpc) is 2.30. The van der Waals surface area contributed by atoms with E-state index in [0.29, 0.717) is 23.0 Å². The van der Waals surface area contributed by atoms with Crippen molar-refractivity contribution >= 4 is 23.3 Å². The van der Waals surface area contributed by atoms with Crippen LogP contribution in [0.2, 0.25) is 0 Å². The standard InChI is InChI=1S/2C5H7N4.2Y/c1-3-5(7)8-2-4(6)9-3;1-3-5(7)9-4(6)2-8-3;;/h1H3,(H2,6,9)(H2,7,8);1H3,(H4,6,7,9);;/q2*-1;;. The van der Waals surface area contributed by atoms with Gasteiger partial charge in [-0.1, -0.05) is 12.6 Å². The molecule has 0 saturated carbocycles. The van der Waals surface area contributed by atoms with Gasteiger partial charge in [-0.3, -0.25) is 9.97 Å². The second-order valence-electron chi connectivity index (χ2n) is 3.38. The van der Waals surface area contributed by atoms with Crippen molar-refractivity contribution in [3.63, 3.8) is 0 Å². The quantitative estimate of drug-likeness (QED) is 0.413. The number of rotatable bonds is 0. The Balaban J connectivity index is 0. The van der Waals surface area contributed by atoms with Crippen LogP contribution in [0.5, 0.6) is 0 Å². The third-order valence-corrected chi connectivity index (χ3v) is 1.90. The molecule has 8 N–H and O–H groups in total. The average molecular weight is 424 g/mol. The number of aromatic nitrogens is 4. The Bertz CT molecular complexity index is 499. The van der Waals surface area contributed by atoms with Crippen molar-refractivity contribution in [2.75, 3.05) is 22.9 Å². The van der Waals surface area contributed by atoms with Gasteiger partial charge >= 0.3 is 0 Å². The number of nitrogens with two attached hydrogens (primary N) is 4. The first kappa shape index (κ1) is 21.9. The van der Waals surface area contributed by atoms with Crippen molar-refractivity contribution in [2.24, 2.45) is 0 Å². The van der Waals surface area contributed by atoms with Crippen LogP contribution in [0, 0.1) is 26.2 Å². The molecule has 0 aliphatic carbocycles. The molecule has 0 fully saturated rings. The number of hydrogen-bond donors (Lipinski definition) is 4. The van der Waals surface area contributed by atoms with Crippen LogP contribution in [0.4, 0.5) is 23.3 Å². The molecule has 0 unspecified atom stereocenters. The Morgan fingerprint density at radius 1 is 0.700 bits per heavy atom. The van der Waals surface area contributed by atoms with Gasteiger partial charge in [-0.15, -0.1) is 12.4 Å². The van der Waals surface area contributed by atoms with E-state index >= 15 is 0 Å². The van der Waals surface area contributed by atoms with Gasteiger partial charge in [-0.25, -0.2) is 0 Å². The molecule has 2 radical (unpaired) electrons. The van der Waals surface area contributed by atoms with Crippen molar-refractivity contribution in [1.29, 1.82) is 0 Å². The molecule has 0 bridgehead atoms. The Hall–Kier alpha value is -0.432. The molecule has 0 aliphatic rings. The molecule has 2 aromatic rings. The van der Waals surface area contributed by atoms with E-state index in [0.717, 1.165) is 0 Å². The fourth-order valence-corrected chi connectivity index (χ4v) is 0.895. The Morgan fingerprint density at radius 2 is 1.20 bits per heavy atom. The Morgan fingerprint density at radius 3 is 1.60 bits per heavy atom. The molecule has 0 spiro atoms. The number of hydrogen-bond acceptors (Lipinski definition) is 8. The van der Waals surface area contributed by atoms with E-state index < -0.39 is 0 Å². The predicted molar refractivity (Wildman–Crippen MR) is 68.9 cm³/mol. The van der Waals surface area contributed by atoms with E-state index in [1.54, 1.807) is 13.8 Å². The zero-order valence-corrected chi connectivity index (χ0v) is 16.9. The van der Waals surface area contributed by atoms with Gasteiger partial charge in [0.1, 0.15) is 0 Å². The van der Waals surface area contributed by atoms with E-state index in [-0.39, 0.29) is 77.1 Å². The van der Waals surface area contributed by atoms with Gasteiger partial charge in [0.15, 0.2) is 0 Å². The molecule has 10 heteroatoms. The number of nitrogens with zero attached hydrogens (tertiary/aromatic N) is 4. The van der Waals surface area contributed by atoms with E-state index in [4.69, 9.17) is 22.9 Å². The van der Waals surface area contributed by atoms with Crippen molar-refractivity contribution in [1.82, 2.24) is 19.9 Å². The van der Waals surface area contributed by atoms with Gasteiger partial charge in [-0.05, 0) is 18.4 Å². The molecule has 2 aromatic heterocycles. The van der Waals surface area contributed by atoms with Gasteiger partial charge in [0.2, 0.25) is 0 Å². The summed E-state index contributed by atoms with van der Waals surface area (Å²) in [5.41, 5.74) is 22.4. The van der Waals surface area contributed by atoms with Crippen LogP contribution in [0.15, 0.2) is 0 Å². The normalized spacial score (nSPS) is 8.50. The molecule has 8 nitrogen and oxygen atoms in total. The first-order chi connectivity index (χ1) is 8.40. The smallest absolute Gasteiger partial charge is 0.0607 e. The molecule has 0 saturated heterocycles. The summed E-state index contributed by atoms with van der Waals surface area (Å²) in [5, 5.41) is 0. The van der Waals surface area contributed by atoms with Crippen LogP contribution < -0.4 is 22.9 Å². The topological polar surface area (TPSA) is 156 Å². The third kappa shape index (κ3) is 7.38. The largest absolute Gasteiger partial charge is 0.459 e. The number of aryl methyl sites for hydroxylation is 2. The fraction of sp³-hybridized carbons (Fsp3) is 0.200. The van der Waals surface area contributed by atoms with Crippen molar-refractivity contribution < 1.29 is 65.4 Å². The molecule has 20 heavy (non-hydrogen) atoms. The van der Waals surface area contributed by atoms with Gasteiger partial charge in [-0.2, -0.15) is 0 Å². The van der Waals surface area contributed by atoms with Crippen LogP contribution in [0.25, 0.3) is 0 Å². The molecule has 0 amide bonds. The minimum atomic E-state index is 0. The predicted octanol–water partition coefficient (Wildman–Crippen LogP) is -0.506. The maximum atomic E-state index is 5.35. The minimum Gasteiger partial charge on any atom is -0.459 e. The van der Waals surface area contributed by atoms with E-state index in [9.17, 15) is 0 Å². The van der Waals surface area contributed by atoms with Crippen molar-refractivity contribution in [3.8, 4) is 0 Å². The minimum absolute atomic E-state index is 0. The van der Waals surface area contributed by atoms with E-state index in [2.05, 4.69) is 32.3 Å². The van der Waals surface area contributed by atoms with Crippen LogP contribution in [0.3, 0.4) is 0 Å². The van der Waals surface area contributed by atoms with E-state index in [1.807, 2.05) is 0 Å². The van der Waals surface area contributed by atoms with Crippen LogP contribution in [-0.4, -0.2) is 19.9 Å². The van der Waals surface area contributed by atoms with E-state index in [1.165, 1.54) is 0 Å². The molecular formula is C10H14N8Y2-2. The van der Waals surface area contributed by atoms with Crippen LogP contribution >= 0.6 is 0 Å². The summed E-state index contributed by atoms with van der Waals surface area (Å²) in [5.74, 6) is 1.26. The summed E-state index contributed by atoms with van der Waals surface area (Å²) in [4.78, 5) is 14.9. The van der Waals surface area contributed by atoms with Gasteiger partial charge in [0, 0.05) is 77.1 Å². The molecule has 102 valence electrons. The third-order valence-electron chi connectivity index (χ3n) is 1.90. The van der Waals surface area contributed by atoms with Gasteiger partial charge < -0.3 is 32.9 Å². The maximum absolute atomic E-state index is 5.35. The molecular weight excluding hydrogens is 410 g/mol. The number of nitrogen functional groups attached to an aromatic ring is 4. The number of anilines is 4. The fourth-order valence-electron chi connectivity index (χ4n) is 0.895. The summed E-state index contributed by atoms with van der Waals surface area (Å²) in [6.45, 7) is 3.49. The van der Waals surface area contributed by atoms with Crippen molar-refractivity contribution in [3.05, 3.63) is 23.8 Å².